The Balaban J connectivity index is 1.79. The van der Waals surface area contributed by atoms with Crippen molar-refractivity contribution in [2.75, 3.05) is 6.61 Å². The van der Waals surface area contributed by atoms with Gasteiger partial charge in [0.15, 0.2) is 18.0 Å². The van der Waals surface area contributed by atoms with Gasteiger partial charge in [-0.25, -0.2) is 0 Å². The molecule has 7 nitrogen and oxygen atoms in total. The van der Waals surface area contributed by atoms with Crippen LogP contribution in [0.25, 0.3) is 0 Å². The summed E-state index contributed by atoms with van der Waals surface area (Å²) in [5.41, 5.74) is -2.06. The van der Waals surface area contributed by atoms with Gasteiger partial charge in [0.1, 0.15) is 0 Å². The number of aliphatic hydroxyl groups excluding tert-OH is 1. The van der Waals surface area contributed by atoms with Crippen molar-refractivity contribution in [3.8, 4) is 0 Å². The minimum Gasteiger partial charge on any atom is -0.457 e. The van der Waals surface area contributed by atoms with Gasteiger partial charge in [-0.15, -0.1) is 11.6 Å². The maximum absolute atomic E-state index is 13.9. The third-order valence-electron chi connectivity index (χ3n) is 9.65. The Labute approximate surface area is 217 Å². The largest absolute Gasteiger partial charge is 0.457 e. The molecule has 0 aromatic heterocycles. The van der Waals surface area contributed by atoms with E-state index in [9.17, 15) is 24.3 Å². The van der Waals surface area contributed by atoms with E-state index in [-0.39, 0.29) is 54.1 Å². The lowest BCUT2D eigenvalue weighted by molar-refractivity contribution is -0.205. The van der Waals surface area contributed by atoms with Gasteiger partial charge in [-0.3, -0.25) is 19.2 Å². The Kier molecular flexibility index (Phi) is 7.06. The second-order valence-corrected chi connectivity index (χ2v) is 12.0. The van der Waals surface area contributed by atoms with Crippen LogP contribution in [0.3, 0.4) is 0 Å². The Morgan fingerprint density at radius 2 is 1.83 bits per heavy atom. The van der Waals surface area contributed by atoms with Crippen LogP contribution in [0.2, 0.25) is 0 Å². The summed E-state index contributed by atoms with van der Waals surface area (Å²) < 4.78 is 11.3. The lowest BCUT2D eigenvalue weighted by Crippen LogP contribution is -2.65. The zero-order valence-electron chi connectivity index (χ0n) is 21.7. The van der Waals surface area contributed by atoms with Gasteiger partial charge in [0.25, 0.3) is 0 Å². The SMILES string of the molecule is CCC(=O)OCC(=O)[C@@]1(OC(=O)CC)[C@H](C)CC2C3C([C@@H](O)CC21C)C1(C)C=CC(=O)C=C1C[C@H]3Cl. The zero-order chi connectivity index (χ0) is 26.6. The highest BCUT2D eigenvalue weighted by Crippen LogP contribution is 2.69. The number of ether oxygens (including phenoxy) is 2. The maximum Gasteiger partial charge on any atom is 0.306 e. The zero-order valence-corrected chi connectivity index (χ0v) is 22.5. The van der Waals surface area contributed by atoms with Crippen LogP contribution < -0.4 is 0 Å². The quantitative estimate of drug-likeness (QED) is 0.417. The maximum atomic E-state index is 13.9. The number of carbonyl (C=O) groups is 4. The molecule has 36 heavy (non-hydrogen) atoms. The van der Waals surface area contributed by atoms with E-state index in [1.165, 1.54) is 0 Å². The molecule has 8 heteroatoms. The molecule has 0 saturated heterocycles. The molecule has 4 aliphatic rings. The Hall–Kier alpha value is -1.99. The first-order valence-corrected chi connectivity index (χ1v) is 13.5. The molecule has 3 saturated carbocycles. The first kappa shape index (κ1) is 27.1. The van der Waals surface area contributed by atoms with Crippen LogP contribution in [0, 0.1) is 34.5 Å². The number of hydrogen-bond acceptors (Lipinski definition) is 7. The second-order valence-electron chi connectivity index (χ2n) is 11.4. The van der Waals surface area contributed by atoms with Crippen molar-refractivity contribution in [1.82, 2.24) is 0 Å². The van der Waals surface area contributed by atoms with Crippen molar-refractivity contribution in [2.45, 2.75) is 83.8 Å². The average molecular weight is 521 g/mol. The molecular weight excluding hydrogens is 484 g/mol. The van der Waals surface area contributed by atoms with E-state index in [4.69, 9.17) is 21.1 Å². The number of carbonyl (C=O) groups excluding carboxylic acids is 4. The summed E-state index contributed by atoms with van der Waals surface area (Å²) in [5, 5.41) is 11.4. The molecule has 0 aromatic rings. The van der Waals surface area contributed by atoms with Crippen LogP contribution in [0.5, 0.6) is 0 Å². The lowest BCUT2D eigenvalue weighted by Gasteiger charge is -2.61. The number of hydrogen-bond donors (Lipinski definition) is 1. The van der Waals surface area contributed by atoms with E-state index in [1.54, 1.807) is 26.0 Å². The number of alkyl halides is 1. The number of esters is 2. The van der Waals surface area contributed by atoms with E-state index < -0.39 is 46.9 Å². The summed E-state index contributed by atoms with van der Waals surface area (Å²) in [6.45, 7) is 8.69. The van der Waals surface area contributed by atoms with Crippen LogP contribution >= 0.6 is 11.6 Å². The summed E-state index contributed by atoms with van der Waals surface area (Å²) >= 11 is 7.04. The van der Waals surface area contributed by atoms with Crippen LogP contribution in [0.15, 0.2) is 23.8 Å². The highest BCUT2D eigenvalue weighted by Gasteiger charge is 2.73. The molecule has 9 atom stereocenters. The van der Waals surface area contributed by atoms with Gasteiger partial charge in [0, 0.05) is 40.9 Å². The molecule has 198 valence electrons. The van der Waals surface area contributed by atoms with E-state index in [0.29, 0.717) is 12.8 Å². The van der Waals surface area contributed by atoms with Crippen molar-refractivity contribution in [2.24, 2.45) is 34.5 Å². The van der Waals surface area contributed by atoms with Crippen LogP contribution in [0.4, 0.5) is 0 Å². The molecule has 0 radical (unpaired) electrons. The van der Waals surface area contributed by atoms with E-state index in [2.05, 4.69) is 0 Å². The number of rotatable bonds is 6. The Bertz CT molecular complexity index is 1030. The molecule has 0 heterocycles. The first-order valence-electron chi connectivity index (χ1n) is 13.0. The van der Waals surface area contributed by atoms with Gasteiger partial charge in [0.05, 0.1) is 6.10 Å². The van der Waals surface area contributed by atoms with Crippen LogP contribution in [-0.4, -0.2) is 52.3 Å². The topological polar surface area (TPSA) is 107 Å². The smallest absolute Gasteiger partial charge is 0.306 e. The van der Waals surface area contributed by atoms with E-state index in [0.717, 1.165) is 5.57 Å². The van der Waals surface area contributed by atoms with E-state index in [1.807, 2.05) is 26.8 Å². The van der Waals surface area contributed by atoms with Crippen molar-refractivity contribution in [1.29, 1.82) is 0 Å². The molecular formula is C28H37ClO7. The molecule has 0 aromatic carbocycles. The number of halogens is 1. The monoisotopic (exact) mass is 520 g/mol. The highest BCUT2D eigenvalue weighted by molar-refractivity contribution is 6.21. The lowest BCUT2D eigenvalue weighted by atomic mass is 9.46. The standard InChI is InChI=1S/C28H37ClO7/c1-6-22(33)35-14-21(32)28(36-23(34)7-2)15(3)10-18-24-19(29)12-16-11-17(30)8-9-26(16,4)25(24)20(31)13-27(18,28)5/h8-9,11,15,18-20,24-25,31H,6-7,10,12-14H2,1-5H3/t15-,18?,19-,20+,24?,25?,26?,27?,28+/m1/s1. The summed E-state index contributed by atoms with van der Waals surface area (Å²) in [6, 6.07) is 0. The number of aliphatic hydroxyl groups is 1. The second kappa shape index (κ2) is 9.39. The first-order chi connectivity index (χ1) is 16.9. The number of Topliss-reactive ketones (excluding diaryl/α,β-unsaturated/α-hetero) is 1. The number of fused-ring (bicyclic) bond motifs is 5. The number of allylic oxidation sites excluding steroid dienone is 4. The van der Waals surface area contributed by atoms with Gasteiger partial charge < -0.3 is 14.6 Å². The third-order valence-corrected chi connectivity index (χ3v) is 10.1. The summed E-state index contributed by atoms with van der Waals surface area (Å²) in [5.74, 6) is -2.44. The molecule has 0 amide bonds. The van der Waals surface area contributed by atoms with Crippen LogP contribution in [0.1, 0.15) is 66.7 Å². The van der Waals surface area contributed by atoms with Crippen LogP contribution in [-0.2, 0) is 28.7 Å². The van der Waals surface area contributed by atoms with Gasteiger partial charge >= 0.3 is 11.9 Å². The van der Waals surface area contributed by atoms with Gasteiger partial charge in [0.2, 0.25) is 5.78 Å². The fourth-order valence-corrected chi connectivity index (χ4v) is 8.54. The minimum atomic E-state index is -1.54. The third kappa shape index (κ3) is 3.80. The van der Waals surface area contributed by atoms with Gasteiger partial charge in [-0.1, -0.05) is 46.3 Å². The fourth-order valence-electron chi connectivity index (χ4n) is 8.04. The predicted molar refractivity (Wildman–Crippen MR) is 133 cm³/mol. The van der Waals surface area contributed by atoms with Crippen molar-refractivity contribution in [3.05, 3.63) is 23.8 Å². The Morgan fingerprint density at radius 3 is 2.47 bits per heavy atom. The molecule has 0 bridgehead atoms. The molecule has 4 rings (SSSR count). The normalized spacial score (nSPS) is 43.1. The summed E-state index contributed by atoms with van der Waals surface area (Å²) in [4.78, 5) is 50.5. The predicted octanol–water partition coefficient (Wildman–Crippen LogP) is 3.94. The van der Waals surface area contributed by atoms with Gasteiger partial charge in [-0.05, 0) is 43.3 Å². The van der Waals surface area contributed by atoms with Crippen molar-refractivity contribution in [3.63, 3.8) is 0 Å². The molecule has 4 aliphatic carbocycles. The molecule has 0 aliphatic heterocycles. The molecule has 0 spiro atoms. The number of ketones is 2. The molecule has 1 N–H and O–H groups in total. The van der Waals surface area contributed by atoms with Gasteiger partial charge in [-0.2, -0.15) is 0 Å². The minimum absolute atomic E-state index is 0.0767. The average Bonchev–Trinajstić information content (AvgIpc) is 3.04. The Morgan fingerprint density at radius 1 is 1.17 bits per heavy atom. The highest BCUT2D eigenvalue weighted by atomic mass is 35.5. The van der Waals surface area contributed by atoms with E-state index >= 15 is 0 Å². The fraction of sp³-hybridized carbons (Fsp3) is 0.714. The molecule has 5 unspecified atom stereocenters. The summed E-state index contributed by atoms with van der Waals surface area (Å²) in [6.07, 6.45) is 5.79. The van der Waals surface area contributed by atoms with Crippen molar-refractivity contribution >= 4 is 35.1 Å². The summed E-state index contributed by atoms with van der Waals surface area (Å²) in [7, 11) is 0. The van der Waals surface area contributed by atoms with Crippen molar-refractivity contribution < 1.29 is 33.8 Å². The molecule has 3 fully saturated rings.